The highest BCUT2D eigenvalue weighted by molar-refractivity contribution is 6.30. The lowest BCUT2D eigenvalue weighted by molar-refractivity contribution is 0.470. The highest BCUT2D eigenvalue weighted by Gasteiger charge is 2.44. The molecule has 0 aliphatic carbocycles. The number of aromatic amines is 1. The second kappa shape index (κ2) is 6.86. The summed E-state index contributed by atoms with van der Waals surface area (Å²) in [6.07, 6.45) is 2.27. The number of nitrogens with one attached hydrogen (secondary N) is 1. The summed E-state index contributed by atoms with van der Waals surface area (Å²) in [7, 11) is 0. The molecule has 5 heteroatoms. The molecule has 0 radical (unpaired) electrons. The van der Waals surface area contributed by atoms with Gasteiger partial charge >= 0.3 is 0 Å². The zero-order valence-electron chi connectivity index (χ0n) is 13.3. The van der Waals surface area contributed by atoms with E-state index in [1.165, 1.54) is 0 Å². The number of nitrogens with zero attached hydrogens (tertiary/aromatic N) is 3. The number of benzene rings is 2. The van der Waals surface area contributed by atoms with Crippen molar-refractivity contribution >= 4 is 11.6 Å². The standard InChI is InChI=1S/C19H17ClN4/c1-2-17(18-22-13-23-24-18)19(12-21,14-6-4-3-5-7-14)15-8-10-16(20)11-9-15/h3-11,13,17H,2H2,1H3,(H,22,23,24). The van der Waals surface area contributed by atoms with E-state index in [9.17, 15) is 5.26 Å². The minimum Gasteiger partial charge on any atom is -0.266 e. The van der Waals surface area contributed by atoms with E-state index in [1.807, 2.05) is 61.5 Å². The largest absolute Gasteiger partial charge is 0.266 e. The molecule has 3 rings (SSSR count). The first-order valence-corrected chi connectivity index (χ1v) is 8.18. The van der Waals surface area contributed by atoms with Gasteiger partial charge in [-0.25, -0.2) is 4.98 Å². The molecule has 4 nitrogen and oxygen atoms in total. The van der Waals surface area contributed by atoms with Crippen LogP contribution in [0.1, 0.15) is 36.2 Å². The highest BCUT2D eigenvalue weighted by atomic mass is 35.5. The van der Waals surface area contributed by atoms with Crippen LogP contribution in [0.2, 0.25) is 5.02 Å². The van der Waals surface area contributed by atoms with Crippen molar-refractivity contribution in [3.63, 3.8) is 0 Å². The molecule has 2 atom stereocenters. The summed E-state index contributed by atoms with van der Waals surface area (Å²) in [6, 6.07) is 19.8. The van der Waals surface area contributed by atoms with Crippen molar-refractivity contribution in [1.29, 1.82) is 5.26 Å². The molecule has 1 heterocycles. The van der Waals surface area contributed by atoms with Gasteiger partial charge in [0.15, 0.2) is 5.82 Å². The minimum absolute atomic E-state index is 0.183. The maximum atomic E-state index is 10.3. The van der Waals surface area contributed by atoms with Crippen molar-refractivity contribution in [2.24, 2.45) is 0 Å². The lowest BCUT2D eigenvalue weighted by atomic mass is 9.65. The number of halogens is 1. The van der Waals surface area contributed by atoms with Crippen molar-refractivity contribution in [3.05, 3.63) is 82.9 Å². The Morgan fingerprint density at radius 3 is 2.33 bits per heavy atom. The van der Waals surface area contributed by atoms with Crippen LogP contribution in [-0.4, -0.2) is 15.2 Å². The molecular formula is C19H17ClN4. The van der Waals surface area contributed by atoms with E-state index < -0.39 is 5.41 Å². The van der Waals surface area contributed by atoms with E-state index >= 15 is 0 Å². The number of aromatic nitrogens is 3. The molecule has 0 fully saturated rings. The van der Waals surface area contributed by atoms with E-state index in [0.717, 1.165) is 17.5 Å². The van der Waals surface area contributed by atoms with Crippen molar-refractivity contribution in [3.8, 4) is 6.07 Å². The van der Waals surface area contributed by atoms with Crippen LogP contribution in [-0.2, 0) is 5.41 Å². The zero-order chi connectivity index (χ0) is 17.0. The Labute approximate surface area is 146 Å². The van der Waals surface area contributed by atoms with E-state index in [2.05, 4.69) is 21.3 Å². The molecule has 0 saturated carbocycles. The number of nitriles is 1. The van der Waals surface area contributed by atoms with E-state index in [1.54, 1.807) is 6.33 Å². The van der Waals surface area contributed by atoms with Gasteiger partial charge in [-0.05, 0) is 29.7 Å². The van der Waals surface area contributed by atoms with Crippen LogP contribution in [0.15, 0.2) is 60.9 Å². The molecule has 2 aromatic carbocycles. The van der Waals surface area contributed by atoms with Crippen molar-refractivity contribution in [1.82, 2.24) is 15.2 Å². The van der Waals surface area contributed by atoms with Crippen molar-refractivity contribution < 1.29 is 0 Å². The molecule has 2 unspecified atom stereocenters. The molecule has 1 aromatic heterocycles. The summed E-state index contributed by atoms with van der Waals surface area (Å²) >= 11 is 6.05. The second-order valence-corrected chi connectivity index (χ2v) is 6.05. The zero-order valence-corrected chi connectivity index (χ0v) is 14.0. The van der Waals surface area contributed by atoms with Crippen LogP contribution < -0.4 is 0 Å². The van der Waals surface area contributed by atoms with Crippen LogP contribution in [0.25, 0.3) is 0 Å². The molecule has 24 heavy (non-hydrogen) atoms. The van der Waals surface area contributed by atoms with Gasteiger partial charge in [-0.1, -0.05) is 61.0 Å². The molecule has 1 N–H and O–H groups in total. The van der Waals surface area contributed by atoms with Crippen LogP contribution >= 0.6 is 11.6 Å². The van der Waals surface area contributed by atoms with Crippen molar-refractivity contribution in [2.45, 2.75) is 24.7 Å². The summed E-state index contributed by atoms with van der Waals surface area (Å²) in [6.45, 7) is 2.05. The van der Waals surface area contributed by atoms with Gasteiger partial charge in [0.25, 0.3) is 0 Å². The van der Waals surface area contributed by atoms with Gasteiger partial charge in [-0.2, -0.15) is 10.4 Å². The van der Waals surface area contributed by atoms with Crippen LogP contribution in [0.4, 0.5) is 0 Å². The van der Waals surface area contributed by atoms with Gasteiger partial charge in [0.05, 0.1) is 6.07 Å². The summed E-state index contributed by atoms with van der Waals surface area (Å²) in [5.74, 6) is 0.454. The Bertz CT molecular complexity index is 822. The molecule has 0 spiro atoms. The summed E-state index contributed by atoms with van der Waals surface area (Å²) in [5, 5.41) is 18.0. The summed E-state index contributed by atoms with van der Waals surface area (Å²) < 4.78 is 0. The summed E-state index contributed by atoms with van der Waals surface area (Å²) in [5.41, 5.74) is 0.923. The van der Waals surface area contributed by atoms with E-state index in [0.29, 0.717) is 10.8 Å². The van der Waals surface area contributed by atoms with Gasteiger partial charge in [-0.15, -0.1) is 0 Å². The molecular weight excluding hydrogens is 320 g/mol. The fourth-order valence-corrected chi connectivity index (χ4v) is 3.39. The molecule has 120 valence electrons. The summed E-state index contributed by atoms with van der Waals surface area (Å²) in [4.78, 5) is 4.33. The number of rotatable bonds is 5. The minimum atomic E-state index is -0.886. The first kappa shape index (κ1) is 16.2. The fourth-order valence-electron chi connectivity index (χ4n) is 3.26. The first-order valence-electron chi connectivity index (χ1n) is 7.81. The smallest absolute Gasteiger partial charge is 0.155 e. The Balaban J connectivity index is 2.27. The Morgan fingerprint density at radius 1 is 1.12 bits per heavy atom. The molecule has 0 aliphatic heterocycles. The first-order chi connectivity index (χ1) is 11.7. The van der Waals surface area contributed by atoms with Crippen LogP contribution in [0, 0.1) is 11.3 Å². The number of H-pyrrole nitrogens is 1. The maximum Gasteiger partial charge on any atom is 0.155 e. The van der Waals surface area contributed by atoms with Crippen molar-refractivity contribution in [2.75, 3.05) is 0 Å². The second-order valence-electron chi connectivity index (χ2n) is 5.61. The Kier molecular flexibility index (Phi) is 4.64. The lowest BCUT2D eigenvalue weighted by Crippen LogP contribution is -2.34. The van der Waals surface area contributed by atoms with Gasteiger partial charge in [0, 0.05) is 10.9 Å². The van der Waals surface area contributed by atoms with Crippen LogP contribution in [0.3, 0.4) is 0 Å². The van der Waals surface area contributed by atoms with Crippen LogP contribution in [0.5, 0.6) is 0 Å². The SMILES string of the molecule is CCC(c1nc[nH]n1)C(C#N)(c1ccccc1)c1ccc(Cl)cc1. The normalized spacial score (nSPS) is 14.5. The number of hydrogen-bond donors (Lipinski definition) is 1. The average Bonchev–Trinajstić information content (AvgIpc) is 3.15. The third kappa shape index (κ3) is 2.68. The molecule has 0 bridgehead atoms. The van der Waals surface area contributed by atoms with Gasteiger partial charge in [-0.3, -0.25) is 5.10 Å². The topological polar surface area (TPSA) is 65.4 Å². The quantitative estimate of drug-likeness (QED) is 0.748. The number of hydrogen-bond acceptors (Lipinski definition) is 3. The predicted octanol–water partition coefficient (Wildman–Crippen LogP) is 4.46. The third-order valence-electron chi connectivity index (χ3n) is 4.38. The maximum absolute atomic E-state index is 10.3. The third-order valence-corrected chi connectivity index (χ3v) is 4.63. The molecule has 0 amide bonds. The molecule has 0 aliphatic rings. The van der Waals surface area contributed by atoms with Gasteiger partial charge < -0.3 is 0 Å². The highest BCUT2D eigenvalue weighted by Crippen LogP contribution is 2.45. The Morgan fingerprint density at radius 2 is 1.79 bits per heavy atom. The van der Waals surface area contributed by atoms with Gasteiger partial charge in [0.1, 0.15) is 11.7 Å². The average molecular weight is 337 g/mol. The lowest BCUT2D eigenvalue weighted by Gasteiger charge is -2.34. The van der Waals surface area contributed by atoms with E-state index in [-0.39, 0.29) is 5.92 Å². The van der Waals surface area contributed by atoms with E-state index in [4.69, 9.17) is 11.6 Å². The fraction of sp³-hybridized carbons (Fsp3) is 0.211. The monoisotopic (exact) mass is 336 g/mol. The van der Waals surface area contributed by atoms with Gasteiger partial charge in [0.2, 0.25) is 0 Å². The molecule has 3 aromatic rings. The Hall–Kier alpha value is -2.64. The molecule has 0 saturated heterocycles. The predicted molar refractivity (Wildman–Crippen MR) is 93.7 cm³/mol.